The molecule has 0 aromatic carbocycles. The average Bonchev–Trinajstić information content (AvgIpc) is 3.20. The quantitative estimate of drug-likeness (QED) is 0.806. The normalized spacial score (nSPS) is 27.5. The summed E-state index contributed by atoms with van der Waals surface area (Å²) in [6, 6.07) is 0.144. The van der Waals surface area contributed by atoms with Crippen LogP contribution in [0.5, 0.6) is 0 Å². The number of hydrogen-bond donors (Lipinski definition) is 1. The third-order valence-electron chi connectivity index (χ3n) is 4.29. The molecule has 3 unspecified atom stereocenters. The largest absolute Gasteiger partial charge is 0.389 e. The molecule has 7 heteroatoms. The number of likely N-dealkylation sites (tertiary alicyclic amines) is 1. The van der Waals surface area contributed by atoms with Gasteiger partial charge in [0.15, 0.2) is 5.82 Å². The number of β-amino-alcohol motifs (C(OH)–C–C–N with tert-alkyl or cyclic N) is 1. The molecule has 0 bridgehead atoms. The molecule has 1 aromatic rings. The molecule has 2 fully saturated rings. The van der Waals surface area contributed by atoms with Crippen molar-refractivity contribution in [1.29, 1.82) is 0 Å². The molecule has 22 heavy (non-hydrogen) atoms. The van der Waals surface area contributed by atoms with Gasteiger partial charge in [-0.15, -0.1) is 0 Å². The van der Waals surface area contributed by atoms with Gasteiger partial charge >= 0.3 is 0 Å². The zero-order valence-electron chi connectivity index (χ0n) is 13.1. The van der Waals surface area contributed by atoms with Crippen molar-refractivity contribution in [2.45, 2.75) is 50.9 Å². The number of rotatable bonds is 7. The minimum Gasteiger partial charge on any atom is -0.389 e. The summed E-state index contributed by atoms with van der Waals surface area (Å²) in [4.78, 5) is 6.53. The lowest BCUT2D eigenvalue weighted by Crippen LogP contribution is -2.35. The predicted molar refractivity (Wildman–Crippen MR) is 78.4 cm³/mol. The average molecular weight is 311 g/mol. The molecule has 0 saturated carbocycles. The molecule has 3 rings (SSSR count). The van der Waals surface area contributed by atoms with E-state index in [0.29, 0.717) is 25.6 Å². The Morgan fingerprint density at radius 1 is 1.41 bits per heavy atom. The van der Waals surface area contributed by atoms with Crippen LogP contribution >= 0.6 is 0 Å². The van der Waals surface area contributed by atoms with Crippen molar-refractivity contribution in [3.63, 3.8) is 0 Å². The van der Waals surface area contributed by atoms with Crippen LogP contribution in [-0.4, -0.2) is 65.3 Å². The van der Waals surface area contributed by atoms with Gasteiger partial charge < -0.3 is 19.1 Å². The lowest BCUT2D eigenvalue weighted by atomic mass is 10.2. The highest BCUT2D eigenvalue weighted by Crippen LogP contribution is 2.30. The van der Waals surface area contributed by atoms with Crippen molar-refractivity contribution in [3.05, 3.63) is 11.7 Å². The first-order valence-electron chi connectivity index (χ1n) is 8.14. The highest BCUT2D eigenvalue weighted by molar-refractivity contribution is 4.97. The van der Waals surface area contributed by atoms with Crippen LogP contribution in [0.25, 0.3) is 0 Å². The summed E-state index contributed by atoms with van der Waals surface area (Å²) < 4.78 is 16.1. The van der Waals surface area contributed by atoms with E-state index in [2.05, 4.69) is 15.0 Å². The Kier molecular flexibility index (Phi) is 5.41. The number of aliphatic hydroxyl groups excluding tert-OH is 1. The second kappa shape index (κ2) is 7.50. The van der Waals surface area contributed by atoms with E-state index in [1.807, 2.05) is 0 Å². The molecule has 0 aliphatic carbocycles. The number of aryl methyl sites for hydroxylation is 1. The fourth-order valence-corrected chi connectivity index (χ4v) is 3.22. The summed E-state index contributed by atoms with van der Waals surface area (Å²) in [5.41, 5.74) is 0. The zero-order valence-corrected chi connectivity index (χ0v) is 13.1. The summed E-state index contributed by atoms with van der Waals surface area (Å²) in [5.74, 6) is 1.31. The van der Waals surface area contributed by atoms with Gasteiger partial charge in [-0.3, -0.25) is 4.90 Å². The summed E-state index contributed by atoms with van der Waals surface area (Å²) >= 11 is 0. The second-order valence-electron chi connectivity index (χ2n) is 6.15. The molecule has 0 radical (unpaired) electrons. The van der Waals surface area contributed by atoms with Gasteiger partial charge in [0.2, 0.25) is 5.89 Å². The Labute approximate surface area is 130 Å². The fraction of sp³-hybridized carbons (Fsp3) is 0.867. The van der Waals surface area contributed by atoms with Gasteiger partial charge in [0.05, 0.1) is 31.5 Å². The third kappa shape index (κ3) is 4.04. The van der Waals surface area contributed by atoms with Crippen molar-refractivity contribution in [2.75, 3.05) is 32.9 Å². The van der Waals surface area contributed by atoms with Crippen molar-refractivity contribution in [2.24, 2.45) is 0 Å². The predicted octanol–water partition coefficient (Wildman–Crippen LogP) is 1.07. The molecule has 1 aromatic heterocycles. The van der Waals surface area contributed by atoms with Gasteiger partial charge in [0, 0.05) is 20.1 Å². The lowest BCUT2D eigenvalue weighted by molar-refractivity contribution is -0.0264. The van der Waals surface area contributed by atoms with E-state index in [1.165, 1.54) is 0 Å². The van der Waals surface area contributed by atoms with E-state index in [4.69, 9.17) is 14.0 Å². The Bertz CT molecular complexity index is 461. The van der Waals surface area contributed by atoms with E-state index in [9.17, 15) is 5.11 Å². The summed E-state index contributed by atoms with van der Waals surface area (Å²) in [6.07, 6.45) is 3.95. The molecule has 2 aliphatic rings. The molecular weight excluding hydrogens is 286 g/mol. The van der Waals surface area contributed by atoms with E-state index in [1.54, 1.807) is 6.92 Å². The fourth-order valence-electron chi connectivity index (χ4n) is 3.22. The highest BCUT2D eigenvalue weighted by atomic mass is 16.5. The van der Waals surface area contributed by atoms with Crippen molar-refractivity contribution < 1.29 is 19.1 Å². The van der Waals surface area contributed by atoms with Gasteiger partial charge in [-0.2, -0.15) is 4.98 Å². The van der Waals surface area contributed by atoms with Crippen LogP contribution in [0.3, 0.4) is 0 Å². The van der Waals surface area contributed by atoms with Crippen molar-refractivity contribution >= 4 is 0 Å². The maximum absolute atomic E-state index is 10.2. The van der Waals surface area contributed by atoms with Gasteiger partial charge in [-0.25, -0.2) is 0 Å². The van der Waals surface area contributed by atoms with Gasteiger partial charge in [0.25, 0.3) is 0 Å². The van der Waals surface area contributed by atoms with Crippen LogP contribution in [0, 0.1) is 6.92 Å². The number of aliphatic hydroxyl groups is 1. The van der Waals surface area contributed by atoms with Crippen LogP contribution in [0.4, 0.5) is 0 Å². The maximum Gasteiger partial charge on any atom is 0.223 e. The monoisotopic (exact) mass is 311 g/mol. The van der Waals surface area contributed by atoms with E-state index in [0.717, 1.165) is 44.7 Å². The van der Waals surface area contributed by atoms with Gasteiger partial charge in [0.1, 0.15) is 0 Å². The Hall–Kier alpha value is -1.02. The Morgan fingerprint density at radius 3 is 3.05 bits per heavy atom. The molecule has 3 heterocycles. The summed E-state index contributed by atoms with van der Waals surface area (Å²) in [5, 5.41) is 14.2. The summed E-state index contributed by atoms with van der Waals surface area (Å²) in [7, 11) is 0. The Balaban J connectivity index is 1.42. The van der Waals surface area contributed by atoms with E-state index < -0.39 is 6.10 Å². The van der Waals surface area contributed by atoms with Crippen molar-refractivity contribution in [3.8, 4) is 0 Å². The highest BCUT2D eigenvalue weighted by Gasteiger charge is 2.31. The molecule has 2 aliphatic heterocycles. The molecule has 0 amide bonds. The van der Waals surface area contributed by atoms with E-state index in [-0.39, 0.29) is 12.1 Å². The van der Waals surface area contributed by atoms with Gasteiger partial charge in [-0.1, -0.05) is 5.16 Å². The molecule has 0 spiro atoms. The molecular formula is C15H25N3O4. The zero-order chi connectivity index (χ0) is 15.4. The van der Waals surface area contributed by atoms with Crippen LogP contribution in [0.2, 0.25) is 0 Å². The smallest absolute Gasteiger partial charge is 0.223 e. The maximum atomic E-state index is 10.2. The van der Waals surface area contributed by atoms with Crippen LogP contribution in [0.15, 0.2) is 4.52 Å². The third-order valence-corrected chi connectivity index (χ3v) is 4.29. The number of ether oxygens (including phenoxy) is 2. The topological polar surface area (TPSA) is 80.9 Å². The van der Waals surface area contributed by atoms with Gasteiger partial charge in [-0.05, 0) is 32.2 Å². The first-order chi connectivity index (χ1) is 10.7. The second-order valence-corrected chi connectivity index (χ2v) is 6.15. The number of aromatic nitrogens is 2. The van der Waals surface area contributed by atoms with Crippen LogP contribution in [0.1, 0.15) is 43.4 Å². The number of hydrogen-bond acceptors (Lipinski definition) is 7. The minimum atomic E-state index is -0.505. The Morgan fingerprint density at radius 2 is 2.32 bits per heavy atom. The molecule has 1 N–H and O–H groups in total. The molecule has 124 valence electrons. The first-order valence-corrected chi connectivity index (χ1v) is 8.14. The minimum absolute atomic E-state index is 0.144. The van der Waals surface area contributed by atoms with E-state index >= 15 is 0 Å². The molecule has 3 atom stereocenters. The van der Waals surface area contributed by atoms with Crippen LogP contribution < -0.4 is 0 Å². The molecule has 7 nitrogen and oxygen atoms in total. The number of nitrogens with zero attached hydrogens (tertiary/aromatic N) is 3. The summed E-state index contributed by atoms with van der Waals surface area (Å²) in [6.45, 7) is 5.06. The standard InChI is InChI=1S/C15H25N3O4/c1-11-16-15(17-22-11)14-5-2-6-18(14)8-12(19)9-20-10-13-4-3-7-21-13/h12-14,19H,2-10H2,1H3. The lowest BCUT2D eigenvalue weighted by Gasteiger charge is -2.24. The molecule has 2 saturated heterocycles. The van der Waals surface area contributed by atoms with Crippen LogP contribution in [-0.2, 0) is 9.47 Å². The SMILES string of the molecule is Cc1nc(C2CCCN2CC(O)COCC2CCCO2)no1. The van der Waals surface area contributed by atoms with Crippen molar-refractivity contribution in [1.82, 2.24) is 15.0 Å². The first kappa shape index (κ1) is 15.9.